The van der Waals surface area contributed by atoms with E-state index in [1.807, 2.05) is 24.3 Å². The average molecular weight is 227 g/mol. The number of aldehydes is 1. The molecule has 3 aromatic rings. The van der Waals surface area contributed by atoms with E-state index in [0.29, 0.717) is 17.8 Å². The summed E-state index contributed by atoms with van der Waals surface area (Å²) >= 11 is 0. The number of carbonyl (C=O) groups is 1. The van der Waals surface area contributed by atoms with Crippen LogP contribution in [0.4, 0.5) is 0 Å². The molecule has 3 heterocycles. The molecule has 0 atom stereocenters. The fourth-order valence-corrected chi connectivity index (χ4v) is 1.68. The van der Waals surface area contributed by atoms with Crippen molar-refractivity contribution >= 4 is 6.29 Å². The van der Waals surface area contributed by atoms with E-state index in [0.717, 1.165) is 17.1 Å². The molecule has 0 aliphatic heterocycles. The lowest BCUT2D eigenvalue weighted by Gasteiger charge is -1.92. The van der Waals surface area contributed by atoms with Gasteiger partial charge in [0, 0.05) is 0 Å². The van der Waals surface area contributed by atoms with Crippen LogP contribution in [0.25, 0.3) is 22.9 Å². The number of H-pyrrole nitrogens is 1. The second-order valence-electron chi connectivity index (χ2n) is 3.58. The maximum atomic E-state index is 10.5. The summed E-state index contributed by atoms with van der Waals surface area (Å²) in [4.78, 5) is 13.7. The Bertz CT molecular complexity index is 631. The van der Waals surface area contributed by atoms with Crippen molar-refractivity contribution in [2.24, 2.45) is 0 Å². The number of aromatic nitrogens is 1. The van der Waals surface area contributed by atoms with Crippen LogP contribution in [0.15, 0.2) is 51.5 Å². The van der Waals surface area contributed by atoms with Gasteiger partial charge in [0.2, 0.25) is 0 Å². The lowest BCUT2D eigenvalue weighted by molar-refractivity contribution is 0.110. The molecule has 0 spiro atoms. The molecular formula is C13H9NO3. The van der Waals surface area contributed by atoms with Gasteiger partial charge in [-0.25, -0.2) is 0 Å². The first-order valence-electron chi connectivity index (χ1n) is 5.15. The Balaban J connectivity index is 1.97. The SMILES string of the molecule is O=Cc1ccc(-c2ccc(-c3ccco3)[nH]2)o1. The molecule has 0 aliphatic carbocycles. The zero-order chi connectivity index (χ0) is 11.7. The molecule has 3 rings (SSSR count). The molecule has 1 N–H and O–H groups in total. The number of furan rings is 2. The highest BCUT2D eigenvalue weighted by Gasteiger charge is 2.08. The van der Waals surface area contributed by atoms with Crippen molar-refractivity contribution in [1.82, 2.24) is 4.98 Å². The van der Waals surface area contributed by atoms with Gasteiger partial charge in [-0.3, -0.25) is 4.79 Å². The van der Waals surface area contributed by atoms with Crippen LogP contribution in [-0.4, -0.2) is 11.3 Å². The van der Waals surface area contributed by atoms with Gasteiger partial charge in [-0.15, -0.1) is 0 Å². The third kappa shape index (κ3) is 1.69. The molecule has 4 heteroatoms. The smallest absolute Gasteiger partial charge is 0.185 e. The lowest BCUT2D eigenvalue weighted by Crippen LogP contribution is -1.75. The number of aromatic amines is 1. The van der Waals surface area contributed by atoms with Gasteiger partial charge in [0.15, 0.2) is 17.8 Å². The van der Waals surface area contributed by atoms with Gasteiger partial charge in [0.1, 0.15) is 5.76 Å². The molecule has 0 fully saturated rings. The molecule has 0 aliphatic rings. The monoisotopic (exact) mass is 227 g/mol. The molecule has 3 aromatic heterocycles. The molecule has 0 amide bonds. The standard InChI is InChI=1S/C13H9NO3/c15-8-9-3-6-13(17-9)11-5-4-10(14-11)12-2-1-7-16-12/h1-8,14H. The predicted octanol–water partition coefficient (Wildman–Crippen LogP) is 3.35. The van der Waals surface area contributed by atoms with E-state index in [9.17, 15) is 4.79 Å². The Labute approximate surface area is 96.9 Å². The Morgan fingerprint density at radius 1 is 1.00 bits per heavy atom. The summed E-state index contributed by atoms with van der Waals surface area (Å²) in [6.45, 7) is 0. The van der Waals surface area contributed by atoms with Crippen LogP contribution < -0.4 is 0 Å². The van der Waals surface area contributed by atoms with E-state index in [4.69, 9.17) is 8.83 Å². The summed E-state index contributed by atoms with van der Waals surface area (Å²) in [5.74, 6) is 1.71. The minimum atomic E-state index is 0.314. The summed E-state index contributed by atoms with van der Waals surface area (Å²) in [6, 6.07) is 10.9. The van der Waals surface area contributed by atoms with E-state index < -0.39 is 0 Å². The maximum absolute atomic E-state index is 10.5. The predicted molar refractivity (Wildman–Crippen MR) is 61.6 cm³/mol. The van der Waals surface area contributed by atoms with Crippen molar-refractivity contribution in [3.05, 3.63) is 48.4 Å². The topological polar surface area (TPSA) is 59.1 Å². The fraction of sp³-hybridized carbons (Fsp3) is 0. The van der Waals surface area contributed by atoms with Gasteiger partial charge >= 0.3 is 0 Å². The Hall–Kier alpha value is -2.49. The summed E-state index contributed by atoms with van der Waals surface area (Å²) in [5, 5.41) is 0. The van der Waals surface area contributed by atoms with E-state index in [2.05, 4.69) is 4.98 Å². The van der Waals surface area contributed by atoms with Crippen molar-refractivity contribution in [2.45, 2.75) is 0 Å². The van der Waals surface area contributed by atoms with E-state index in [1.165, 1.54) is 0 Å². The third-order valence-electron chi connectivity index (χ3n) is 2.48. The van der Waals surface area contributed by atoms with Crippen molar-refractivity contribution in [3.8, 4) is 22.9 Å². The first-order chi connectivity index (χ1) is 8.36. The van der Waals surface area contributed by atoms with E-state index in [-0.39, 0.29) is 0 Å². The molecule has 84 valence electrons. The molecule has 17 heavy (non-hydrogen) atoms. The normalized spacial score (nSPS) is 10.6. The average Bonchev–Trinajstić information content (AvgIpc) is 3.09. The van der Waals surface area contributed by atoms with Gasteiger partial charge in [0.05, 0.1) is 17.7 Å². The minimum absolute atomic E-state index is 0.314. The van der Waals surface area contributed by atoms with Crippen LogP contribution in [-0.2, 0) is 0 Å². The number of nitrogens with one attached hydrogen (secondary N) is 1. The van der Waals surface area contributed by atoms with Crippen molar-refractivity contribution in [3.63, 3.8) is 0 Å². The Kier molecular flexibility index (Phi) is 2.19. The van der Waals surface area contributed by atoms with Crippen molar-refractivity contribution in [1.29, 1.82) is 0 Å². The van der Waals surface area contributed by atoms with Crippen LogP contribution in [0.1, 0.15) is 10.6 Å². The zero-order valence-electron chi connectivity index (χ0n) is 8.84. The molecule has 0 bridgehead atoms. The van der Waals surface area contributed by atoms with Gasteiger partial charge in [-0.1, -0.05) is 0 Å². The highest BCUT2D eigenvalue weighted by Crippen LogP contribution is 2.25. The summed E-state index contributed by atoms with van der Waals surface area (Å²) in [5.41, 5.74) is 1.68. The van der Waals surface area contributed by atoms with E-state index in [1.54, 1.807) is 18.4 Å². The number of hydrogen-bond donors (Lipinski definition) is 1. The second-order valence-corrected chi connectivity index (χ2v) is 3.58. The minimum Gasteiger partial charge on any atom is -0.463 e. The lowest BCUT2D eigenvalue weighted by atomic mass is 10.3. The van der Waals surface area contributed by atoms with Crippen LogP contribution in [0.5, 0.6) is 0 Å². The van der Waals surface area contributed by atoms with Crippen LogP contribution in [0.2, 0.25) is 0 Å². The summed E-state index contributed by atoms with van der Waals surface area (Å²) < 4.78 is 10.6. The third-order valence-corrected chi connectivity index (χ3v) is 2.48. The maximum Gasteiger partial charge on any atom is 0.185 e. The second kappa shape index (κ2) is 3.83. The number of rotatable bonds is 3. The quantitative estimate of drug-likeness (QED) is 0.698. The molecule has 0 saturated carbocycles. The van der Waals surface area contributed by atoms with Crippen LogP contribution in [0.3, 0.4) is 0 Å². The number of carbonyl (C=O) groups excluding carboxylic acids is 1. The highest BCUT2D eigenvalue weighted by molar-refractivity contribution is 5.72. The Morgan fingerprint density at radius 2 is 1.82 bits per heavy atom. The van der Waals surface area contributed by atoms with Crippen LogP contribution >= 0.6 is 0 Å². The van der Waals surface area contributed by atoms with Gasteiger partial charge in [-0.2, -0.15) is 0 Å². The van der Waals surface area contributed by atoms with Crippen molar-refractivity contribution in [2.75, 3.05) is 0 Å². The summed E-state index contributed by atoms with van der Waals surface area (Å²) in [7, 11) is 0. The molecule has 0 unspecified atom stereocenters. The molecule has 0 aromatic carbocycles. The molecule has 0 saturated heterocycles. The molecular weight excluding hydrogens is 218 g/mol. The Morgan fingerprint density at radius 3 is 2.47 bits per heavy atom. The van der Waals surface area contributed by atoms with E-state index >= 15 is 0 Å². The first-order valence-corrected chi connectivity index (χ1v) is 5.15. The van der Waals surface area contributed by atoms with Crippen LogP contribution in [0, 0.1) is 0 Å². The fourth-order valence-electron chi connectivity index (χ4n) is 1.68. The van der Waals surface area contributed by atoms with Gasteiger partial charge < -0.3 is 13.8 Å². The van der Waals surface area contributed by atoms with Gasteiger partial charge in [-0.05, 0) is 36.4 Å². The van der Waals surface area contributed by atoms with Gasteiger partial charge in [0.25, 0.3) is 0 Å². The first kappa shape index (κ1) is 9.72. The highest BCUT2D eigenvalue weighted by atomic mass is 16.3. The summed E-state index contributed by atoms with van der Waals surface area (Å²) in [6.07, 6.45) is 2.30. The molecule has 4 nitrogen and oxygen atoms in total. The number of hydrogen-bond acceptors (Lipinski definition) is 3. The molecule has 0 radical (unpaired) electrons. The largest absolute Gasteiger partial charge is 0.463 e. The zero-order valence-corrected chi connectivity index (χ0v) is 8.84. The van der Waals surface area contributed by atoms with Crippen molar-refractivity contribution < 1.29 is 13.6 Å².